The highest BCUT2D eigenvalue weighted by Gasteiger charge is 2.08. The summed E-state index contributed by atoms with van der Waals surface area (Å²) in [6.07, 6.45) is 17.8. The van der Waals surface area contributed by atoms with Gasteiger partial charge in [-0.25, -0.2) is 4.98 Å². The monoisotopic (exact) mass is 419 g/mol. The standard InChI is InChI=1S/C25H38ClNO2/c1-29-24-19-18-23(26)22-17-16-21(27-25(22)24)15-13-11-9-7-5-3-2-4-6-8-10-12-14-20-28/h16-19,28H,2-15,20H2,1H3. The first-order valence-electron chi connectivity index (χ1n) is 11.5. The van der Waals surface area contributed by atoms with E-state index >= 15 is 0 Å². The third-order valence-electron chi connectivity index (χ3n) is 5.64. The summed E-state index contributed by atoms with van der Waals surface area (Å²) in [5.74, 6) is 0.788. The molecule has 162 valence electrons. The van der Waals surface area contributed by atoms with E-state index in [1.807, 2.05) is 12.1 Å². The fourth-order valence-corrected chi connectivity index (χ4v) is 4.08. The van der Waals surface area contributed by atoms with Gasteiger partial charge >= 0.3 is 0 Å². The Morgan fingerprint density at radius 3 is 1.86 bits per heavy atom. The zero-order valence-corrected chi connectivity index (χ0v) is 18.9. The molecule has 0 aliphatic heterocycles. The second-order valence-electron chi connectivity index (χ2n) is 8.02. The van der Waals surface area contributed by atoms with E-state index < -0.39 is 0 Å². The number of ether oxygens (including phenoxy) is 1. The molecule has 1 N–H and O–H groups in total. The Morgan fingerprint density at radius 1 is 0.759 bits per heavy atom. The number of hydrogen-bond acceptors (Lipinski definition) is 3. The molecule has 0 atom stereocenters. The van der Waals surface area contributed by atoms with Gasteiger partial charge in [-0.2, -0.15) is 0 Å². The third kappa shape index (κ3) is 8.92. The number of rotatable bonds is 16. The van der Waals surface area contributed by atoms with Crippen molar-refractivity contribution in [3.8, 4) is 5.75 Å². The molecular weight excluding hydrogens is 382 g/mol. The van der Waals surface area contributed by atoms with Crippen LogP contribution < -0.4 is 4.74 Å². The van der Waals surface area contributed by atoms with Crippen LogP contribution in [0.25, 0.3) is 10.9 Å². The van der Waals surface area contributed by atoms with Gasteiger partial charge in [0.25, 0.3) is 0 Å². The average Bonchev–Trinajstić information content (AvgIpc) is 2.74. The predicted octanol–water partition coefficient (Wildman–Crippen LogP) is 7.50. The lowest BCUT2D eigenvalue weighted by atomic mass is 10.0. The van der Waals surface area contributed by atoms with E-state index in [0.29, 0.717) is 6.61 Å². The number of aromatic nitrogens is 1. The van der Waals surface area contributed by atoms with Crippen molar-refractivity contribution in [3.63, 3.8) is 0 Å². The molecule has 0 saturated carbocycles. The van der Waals surface area contributed by atoms with E-state index in [-0.39, 0.29) is 0 Å². The van der Waals surface area contributed by atoms with Crippen molar-refractivity contribution in [2.24, 2.45) is 0 Å². The van der Waals surface area contributed by atoms with Gasteiger partial charge in [-0.05, 0) is 43.5 Å². The van der Waals surface area contributed by atoms with Crippen molar-refractivity contribution in [2.45, 2.75) is 89.9 Å². The number of benzene rings is 1. The Hall–Kier alpha value is -1.32. The largest absolute Gasteiger partial charge is 0.494 e. The lowest BCUT2D eigenvalue weighted by molar-refractivity contribution is 0.282. The van der Waals surface area contributed by atoms with Crippen LogP contribution in [0, 0.1) is 0 Å². The molecular formula is C25H38ClNO2. The normalized spacial score (nSPS) is 11.3. The summed E-state index contributed by atoms with van der Waals surface area (Å²) in [7, 11) is 1.68. The zero-order valence-electron chi connectivity index (χ0n) is 18.1. The first-order chi connectivity index (χ1) is 14.3. The molecule has 0 amide bonds. The number of halogens is 1. The van der Waals surface area contributed by atoms with Crippen LogP contribution in [0.5, 0.6) is 5.75 Å². The number of hydrogen-bond donors (Lipinski definition) is 1. The fraction of sp³-hybridized carbons (Fsp3) is 0.640. The second-order valence-corrected chi connectivity index (χ2v) is 8.43. The van der Waals surface area contributed by atoms with Gasteiger partial charge in [0.15, 0.2) is 0 Å². The maximum atomic E-state index is 8.76. The Kier molecular flexibility index (Phi) is 12.1. The summed E-state index contributed by atoms with van der Waals surface area (Å²) in [6, 6.07) is 7.91. The van der Waals surface area contributed by atoms with Gasteiger partial charge in [-0.15, -0.1) is 0 Å². The summed E-state index contributed by atoms with van der Waals surface area (Å²) in [5.41, 5.74) is 1.99. The molecule has 0 aliphatic carbocycles. The van der Waals surface area contributed by atoms with E-state index in [2.05, 4.69) is 12.1 Å². The molecule has 0 spiro atoms. The molecule has 2 aromatic rings. The van der Waals surface area contributed by atoms with Crippen molar-refractivity contribution in [2.75, 3.05) is 13.7 Å². The van der Waals surface area contributed by atoms with Crippen LogP contribution in [-0.2, 0) is 6.42 Å². The smallest absolute Gasteiger partial charge is 0.145 e. The topological polar surface area (TPSA) is 42.4 Å². The van der Waals surface area contributed by atoms with Gasteiger partial charge in [-0.1, -0.05) is 82.2 Å². The van der Waals surface area contributed by atoms with Gasteiger partial charge in [-0.3, -0.25) is 0 Å². The summed E-state index contributed by atoms with van der Waals surface area (Å²) in [4.78, 5) is 4.78. The first kappa shape index (κ1) is 24.0. The molecule has 0 radical (unpaired) electrons. The second kappa shape index (κ2) is 14.6. The van der Waals surface area contributed by atoms with Crippen molar-refractivity contribution in [1.29, 1.82) is 0 Å². The van der Waals surface area contributed by atoms with Gasteiger partial charge < -0.3 is 9.84 Å². The van der Waals surface area contributed by atoms with Gasteiger partial charge in [0.1, 0.15) is 11.3 Å². The van der Waals surface area contributed by atoms with Gasteiger partial charge in [0, 0.05) is 17.7 Å². The first-order valence-corrected chi connectivity index (χ1v) is 11.9. The SMILES string of the molecule is COc1ccc(Cl)c2ccc(CCCCCCCCCCCCCCCO)nc12. The molecule has 29 heavy (non-hydrogen) atoms. The van der Waals surface area contributed by atoms with Crippen molar-refractivity contribution in [1.82, 2.24) is 4.98 Å². The molecule has 0 bridgehead atoms. The number of nitrogens with zero attached hydrogens (tertiary/aromatic N) is 1. The number of aliphatic hydroxyl groups excluding tert-OH is 1. The fourth-order valence-electron chi connectivity index (χ4n) is 3.86. The summed E-state index contributed by atoms with van der Waals surface area (Å²) in [6.45, 7) is 0.350. The molecule has 3 nitrogen and oxygen atoms in total. The number of pyridine rings is 1. The predicted molar refractivity (Wildman–Crippen MR) is 124 cm³/mol. The third-order valence-corrected chi connectivity index (χ3v) is 5.97. The zero-order chi connectivity index (χ0) is 20.7. The molecule has 1 aromatic heterocycles. The minimum atomic E-state index is 0.350. The lowest BCUT2D eigenvalue weighted by Crippen LogP contribution is -1.94. The highest BCUT2D eigenvalue weighted by molar-refractivity contribution is 6.35. The van der Waals surface area contributed by atoms with Crippen LogP contribution in [0.15, 0.2) is 24.3 Å². The van der Waals surface area contributed by atoms with Crippen molar-refractivity contribution >= 4 is 22.5 Å². The minimum absolute atomic E-state index is 0.350. The van der Waals surface area contributed by atoms with E-state index in [1.54, 1.807) is 7.11 Å². The number of aliphatic hydroxyl groups is 1. The van der Waals surface area contributed by atoms with Crippen molar-refractivity contribution < 1.29 is 9.84 Å². The highest BCUT2D eigenvalue weighted by Crippen LogP contribution is 2.30. The Bertz CT molecular complexity index is 705. The quantitative estimate of drug-likeness (QED) is 0.286. The van der Waals surface area contributed by atoms with Crippen LogP contribution in [0.4, 0.5) is 0 Å². The van der Waals surface area contributed by atoms with Crippen LogP contribution in [0.1, 0.15) is 89.2 Å². The van der Waals surface area contributed by atoms with E-state index in [9.17, 15) is 0 Å². The van der Waals surface area contributed by atoms with Gasteiger partial charge in [0.05, 0.1) is 12.1 Å². The van der Waals surface area contributed by atoms with Crippen LogP contribution >= 0.6 is 11.6 Å². The maximum Gasteiger partial charge on any atom is 0.145 e. The van der Waals surface area contributed by atoms with E-state index in [0.717, 1.165) is 40.2 Å². The molecule has 0 fully saturated rings. The van der Waals surface area contributed by atoms with Crippen LogP contribution in [-0.4, -0.2) is 23.8 Å². The molecule has 4 heteroatoms. The summed E-state index contributed by atoms with van der Waals surface area (Å²) in [5, 5.41) is 10.4. The summed E-state index contributed by atoms with van der Waals surface area (Å²) >= 11 is 6.28. The number of aryl methyl sites for hydroxylation is 1. The van der Waals surface area contributed by atoms with Crippen molar-refractivity contribution in [3.05, 3.63) is 35.0 Å². The number of unbranched alkanes of at least 4 members (excludes halogenated alkanes) is 12. The summed E-state index contributed by atoms with van der Waals surface area (Å²) < 4.78 is 5.43. The van der Waals surface area contributed by atoms with E-state index in [4.69, 9.17) is 26.4 Å². The molecule has 2 rings (SSSR count). The van der Waals surface area contributed by atoms with Gasteiger partial charge in [0.2, 0.25) is 0 Å². The Morgan fingerprint density at radius 2 is 1.31 bits per heavy atom. The van der Waals surface area contributed by atoms with Crippen LogP contribution in [0.2, 0.25) is 5.02 Å². The Balaban J connectivity index is 1.53. The number of fused-ring (bicyclic) bond motifs is 1. The van der Waals surface area contributed by atoms with Crippen LogP contribution in [0.3, 0.4) is 0 Å². The highest BCUT2D eigenvalue weighted by atomic mass is 35.5. The molecule has 1 heterocycles. The molecule has 0 saturated heterocycles. The lowest BCUT2D eigenvalue weighted by Gasteiger charge is -2.08. The van der Waals surface area contributed by atoms with E-state index in [1.165, 1.54) is 77.0 Å². The molecule has 0 aliphatic rings. The molecule has 0 unspecified atom stereocenters. The number of methoxy groups -OCH3 is 1. The average molecular weight is 420 g/mol. The maximum absolute atomic E-state index is 8.76. The Labute approximate surface area is 181 Å². The minimum Gasteiger partial charge on any atom is -0.494 e. The molecule has 1 aromatic carbocycles.